The number of rotatable bonds is 5. The van der Waals surface area contributed by atoms with Crippen molar-refractivity contribution in [1.29, 1.82) is 0 Å². The van der Waals surface area contributed by atoms with Gasteiger partial charge in [0, 0.05) is 43.3 Å². The topological polar surface area (TPSA) is 23.6 Å². The van der Waals surface area contributed by atoms with Gasteiger partial charge in [-0.25, -0.2) is 13.2 Å². The number of carbonyl (C=O) groups excluding carboxylic acids is 1. The average molecular weight is 379 g/mol. The first-order valence-corrected chi connectivity index (χ1v) is 8.53. The largest absolute Gasteiger partial charge is 0.340 e. The van der Waals surface area contributed by atoms with Gasteiger partial charge in [0.1, 0.15) is 5.82 Å². The predicted octanol–water partition coefficient (Wildman–Crippen LogP) is 3.71. The van der Waals surface area contributed by atoms with Gasteiger partial charge in [0.2, 0.25) is 5.91 Å². The quantitative estimate of drug-likeness (QED) is 0.729. The van der Waals surface area contributed by atoms with Crippen LogP contribution in [0.1, 0.15) is 37.8 Å². The van der Waals surface area contributed by atoms with Gasteiger partial charge in [-0.05, 0) is 25.8 Å². The molecule has 0 aliphatic carbocycles. The zero-order valence-electron chi connectivity index (χ0n) is 14.9. The van der Waals surface area contributed by atoms with E-state index in [0.29, 0.717) is 19.1 Å². The Balaban J connectivity index is 0.00000312. The number of halogens is 4. The van der Waals surface area contributed by atoms with E-state index in [-0.39, 0.29) is 35.9 Å². The van der Waals surface area contributed by atoms with Gasteiger partial charge >= 0.3 is 0 Å². The van der Waals surface area contributed by atoms with Gasteiger partial charge in [-0.2, -0.15) is 0 Å². The molecule has 2 rings (SSSR count). The van der Waals surface area contributed by atoms with E-state index >= 15 is 0 Å². The van der Waals surface area contributed by atoms with Crippen molar-refractivity contribution in [3.05, 3.63) is 34.6 Å². The Morgan fingerprint density at radius 3 is 2.16 bits per heavy atom. The van der Waals surface area contributed by atoms with Gasteiger partial charge in [-0.3, -0.25) is 9.69 Å². The van der Waals surface area contributed by atoms with Crippen LogP contribution < -0.4 is 0 Å². The van der Waals surface area contributed by atoms with Crippen LogP contribution in [0.5, 0.6) is 0 Å². The Hall–Kier alpha value is -1.27. The van der Waals surface area contributed by atoms with Crippen LogP contribution in [0.2, 0.25) is 0 Å². The number of amides is 1. The third-order valence-corrected chi connectivity index (χ3v) is 4.93. The molecule has 0 aromatic heterocycles. The molecule has 0 radical (unpaired) electrons. The lowest BCUT2D eigenvalue weighted by Gasteiger charge is -2.39. The van der Waals surface area contributed by atoms with Crippen molar-refractivity contribution in [3.8, 4) is 0 Å². The lowest BCUT2D eigenvalue weighted by atomic mass is 10.1. The summed E-state index contributed by atoms with van der Waals surface area (Å²) in [5.41, 5.74) is -0.578. The second kappa shape index (κ2) is 9.43. The van der Waals surface area contributed by atoms with Crippen molar-refractivity contribution in [3.63, 3.8) is 0 Å². The van der Waals surface area contributed by atoms with Gasteiger partial charge in [0.25, 0.3) is 0 Å². The Morgan fingerprint density at radius 1 is 1.08 bits per heavy atom. The van der Waals surface area contributed by atoms with Crippen molar-refractivity contribution in [2.45, 2.75) is 46.1 Å². The number of benzene rings is 1. The van der Waals surface area contributed by atoms with Crippen molar-refractivity contribution in [2.24, 2.45) is 0 Å². The van der Waals surface area contributed by atoms with Gasteiger partial charge in [0.05, 0.1) is 6.42 Å². The summed E-state index contributed by atoms with van der Waals surface area (Å²) in [7, 11) is 0. The minimum absolute atomic E-state index is 0. The van der Waals surface area contributed by atoms with Crippen molar-refractivity contribution in [1.82, 2.24) is 9.80 Å². The predicted molar refractivity (Wildman–Crippen MR) is 94.5 cm³/mol. The third kappa shape index (κ3) is 4.88. The lowest BCUT2D eigenvalue weighted by molar-refractivity contribution is -0.132. The summed E-state index contributed by atoms with van der Waals surface area (Å²) in [5.74, 6) is -3.45. The number of carbonyl (C=O) groups is 1. The third-order valence-electron chi connectivity index (χ3n) is 4.93. The fourth-order valence-electron chi connectivity index (χ4n) is 3.28. The fourth-order valence-corrected chi connectivity index (χ4v) is 3.28. The van der Waals surface area contributed by atoms with Gasteiger partial charge < -0.3 is 4.90 Å². The highest BCUT2D eigenvalue weighted by Crippen LogP contribution is 2.21. The molecule has 0 unspecified atom stereocenters. The minimum Gasteiger partial charge on any atom is -0.340 e. The van der Waals surface area contributed by atoms with E-state index in [4.69, 9.17) is 0 Å². The highest BCUT2D eigenvalue weighted by atomic mass is 35.5. The molecule has 0 bridgehead atoms. The summed E-state index contributed by atoms with van der Waals surface area (Å²) in [5, 5.41) is 0. The molecule has 1 saturated heterocycles. The SMILES string of the molecule is CCC(CC)N1CCN(C(=O)Cc2cc(F)c(C)c(F)c2F)CC1.Cl. The minimum atomic E-state index is -1.21. The molecule has 0 atom stereocenters. The molecule has 1 amide bonds. The first-order valence-electron chi connectivity index (χ1n) is 8.53. The summed E-state index contributed by atoms with van der Waals surface area (Å²) in [6.45, 7) is 8.15. The zero-order chi connectivity index (χ0) is 17.9. The molecule has 25 heavy (non-hydrogen) atoms. The maximum Gasteiger partial charge on any atom is 0.227 e. The van der Waals surface area contributed by atoms with Gasteiger partial charge in [-0.1, -0.05) is 13.8 Å². The molecule has 1 fully saturated rings. The number of hydrogen-bond donors (Lipinski definition) is 0. The van der Waals surface area contributed by atoms with E-state index < -0.39 is 17.5 Å². The Bertz CT molecular complexity index is 600. The maximum atomic E-state index is 13.9. The van der Waals surface area contributed by atoms with E-state index in [1.807, 2.05) is 0 Å². The molecule has 1 heterocycles. The second-order valence-electron chi connectivity index (χ2n) is 6.33. The molecule has 0 spiro atoms. The molecular formula is C18H26ClF3N2O. The molecule has 1 aliphatic heterocycles. The summed E-state index contributed by atoms with van der Waals surface area (Å²) in [6.07, 6.45) is 1.82. The van der Waals surface area contributed by atoms with Gasteiger partial charge in [0.15, 0.2) is 11.6 Å². The zero-order valence-corrected chi connectivity index (χ0v) is 15.8. The summed E-state index contributed by atoms with van der Waals surface area (Å²) >= 11 is 0. The summed E-state index contributed by atoms with van der Waals surface area (Å²) in [4.78, 5) is 16.3. The number of piperazine rings is 1. The molecule has 0 N–H and O–H groups in total. The van der Waals surface area contributed by atoms with Crippen molar-refractivity contribution < 1.29 is 18.0 Å². The van der Waals surface area contributed by atoms with Crippen molar-refractivity contribution in [2.75, 3.05) is 26.2 Å². The maximum absolute atomic E-state index is 13.9. The van der Waals surface area contributed by atoms with Crippen LogP contribution in [0.25, 0.3) is 0 Å². The normalized spacial score (nSPS) is 15.4. The Kier molecular flexibility index (Phi) is 8.22. The van der Waals surface area contributed by atoms with E-state index in [1.54, 1.807) is 4.90 Å². The van der Waals surface area contributed by atoms with E-state index in [0.717, 1.165) is 32.0 Å². The fraction of sp³-hybridized carbons (Fsp3) is 0.611. The molecular weight excluding hydrogens is 353 g/mol. The Labute approximate surface area is 153 Å². The molecule has 1 aliphatic rings. The average Bonchev–Trinajstić information content (AvgIpc) is 2.59. The second-order valence-corrected chi connectivity index (χ2v) is 6.33. The van der Waals surface area contributed by atoms with Crippen LogP contribution in [0.15, 0.2) is 6.07 Å². The smallest absolute Gasteiger partial charge is 0.227 e. The number of nitrogens with zero attached hydrogens (tertiary/aromatic N) is 2. The lowest BCUT2D eigenvalue weighted by Crippen LogP contribution is -2.52. The highest BCUT2D eigenvalue weighted by Gasteiger charge is 2.26. The molecule has 142 valence electrons. The van der Waals surface area contributed by atoms with Crippen molar-refractivity contribution >= 4 is 18.3 Å². The summed E-state index contributed by atoms with van der Waals surface area (Å²) < 4.78 is 41.1. The van der Waals surface area contributed by atoms with E-state index in [2.05, 4.69) is 18.7 Å². The van der Waals surface area contributed by atoms with Crippen LogP contribution in [-0.2, 0) is 11.2 Å². The monoisotopic (exact) mass is 378 g/mol. The van der Waals surface area contributed by atoms with Crippen LogP contribution in [0, 0.1) is 24.4 Å². The first-order chi connectivity index (χ1) is 11.4. The van der Waals surface area contributed by atoms with E-state index in [1.165, 1.54) is 6.92 Å². The van der Waals surface area contributed by atoms with Crippen LogP contribution >= 0.6 is 12.4 Å². The standard InChI is InChI=1S/C18H25F3N2O.ClH/c1-4-14(5-2)22-6-8-23(9-7-22)16(24)11-13-10-15(19)12(3)17(20)18(13)21;/h10,14H,4-9,11H2,1-3H3;1H. The van der Waals surface area contributed by atoms with Crippen LogP contribution in [-0.4, -0.2) is 47.9 Å². The molecule has 7 heteroatoms. The Morgan fingerprint density at radius 2 is 1.64 bits per heavy atom. The first kappa shape index (κ1) is 21.8. The van der Waals surface area contributed by atoms with Crippen LogP contribution in [0.4, 0.5) is 13.2 Å². The summed E-state index contributed by atoms with van der Waals surface area (Å²) in [6, 6.07) is 1.44. The molecule has 1 aromatic rings. The highest BCUT2D eigenvalue weighted by molar-refractivity contribution is 5.85. The van der Waals surface area contributed by atoms with Gasteiger partial charge in [-0.15, -0.1) is 12.4 Å². The van der Waals surface area contributed by atoms with E-state index in [9.17, 15) is 18.0 Å². The molecule has 3 nitrogen and oxygen atoms in total. The molecule has 1 aromatic carbocycles. The van der Waals surface area contributed by atoms with Crippen LogP contribution in [0.3, 0.4) is 0 Å². The molecule has 0 saturated carbocycles. The number of hydrogen-bond acceptors (Lipinski definition) is 2.